The molecule has 0 aliphatic carbocycles. The number of nitrogens with zero attached hydrogens (tertiary/aromatic N) is 5. The molecule has 0 radical (unpaired) electrons. The van der Waals surface area contributed by atoms with Gasteiger partial charge in [0.05, 0.1) is 17.0 Å². The lowest BCUT2D eigenvalue weighted by Crippen LogP contribution is -2.23. The Labute approximate surface area is 179 Å². The van der Waals surface area contributed by atoms with Crippen LogP contribution in [-0.2, 0) is 13.0 Å². The number of hydrogen-bond donors (Lipinski definition) is 0. The van der Waals surface area contributed by atoms with Crippen LogP contribution in [0.25, 0.3) is 16.7 Å². The van der Waals surface area contributed by atoms with E-state index in [-0.39, 0.29) is 10.8 Å². The minimum absolute atomic E-state index is 0.0491. The van der Waals surface area contributed by atoms with Crippen molar-refractivity contribution in [3.63, 3.8) is 0 Å². The van der Waals surface area contributed by atoms with Gasteiger partial charge < -0.3 is 0 Å². The third-order valence-electron chi connectivity index (χ3n) is 5.15. The molecule has 2 heterocycles. The number of aryl methyl sites for hydroxylation is 2. The van der Waals surface area contributed by atoms with Crippen LogP contribution in [0.15, 0.2) is 58.5 Å². The quantitative estimate of drug-likeness (QED) is 0.417. The molecule has 4 aromatic rings. The maximum atomic E-state index is 13.0. The first-order valence-corrected chi connectivity index (χ1v) is 11.0. The van der Waals surface area contributed by atoms with Gasteiger partial charge in [0.1, 0.15) is 5.25 Å². The highest BCUT2D eigenvalue weighted by molar-refractivity contribution is 8.00. The van der Waals surface area contributed by atoms with Crippen molar-refractivity contribution in [3.05, 3.63) is 70.0 Å². The third-order valence-corrected chi connectivity index (χ3v) is 6.18. The van der Waals surface area contributed by atoms with Crippen molar-refractivity contribution in [1.82, 2.24) is 19.2 Å². The number of benzene rings is 2. The molecule has 1 atom stereocenters. The van der Waals surface area contributed by atoms with Crippen LogP contribution in [0, 0.1) is 18.3 Å². The van der Waals surface area contributed by atoms with Crippen LogP contribution >= 0.6 is 11.8 Å². The van der Waals surface area contributed by atoms with E-state index < -0.39 is 0 Å². The number of aromatic nitrogens is 4. The Morgan fingerprint density at radius 3 is 2.63 bits per heavy atom. The molecule has 0 N–H and O–H groups in total. The first-order valence-electron chi connectivity index (χ1n) is 10.1. The molecule has 2 aromatic heterocycles. The Bertz CT molecular complexity index is 1280. The highest BCUT2D eigenvalue weighted by Gasteiger charge is 2.20. The van der Waals surface area contributed by atoms with Crippen LogP contribution in [0.3, 0.4) is 0 Å². The summed E-state index contributed by atoms with van der Waals surface area (Å²) in [5, 5.41) is 19.4. The zero-order chi connectivity index (χ0) is 21.1. The summed E-state index contributed by atoms with van der Waals surface area (Å²) in [5.41, 5.74) is 3.02. The Kier molecular flexibility index (Phi) is 5.86. The molecule has 0 bridgehead atoms. The third kappa shape index (κ3) is 3.83. The minimum atomic E-state index is -0.310. The molecule has 7 heteroatoms. The second-order valence-electron chi connectivity index (χ2n) is 7.37. The molecule has 0 fully saturated rings. The molecule has 0 spiro atoms. The van der Waals surface area contributed by atoms with Crippen molar-refractivity contribution in [2.75, 3.05) is 0 Å². The average Bonchev–Trinajstić information content (AvgIpc) is 3.18. The second-order valence-corrected chi connectivity index (χ2v) is 8.54. The van der Waals surface area contributed by atoms with Crippen LogP contribution < -0.4 is 5.56 Å². The highest BCUT2D eigenvalue weighted by Crippen LogP contribution is 2.27. The van der Waals surface area contributed by atoms with Crippen molar-refractivity contribution in [1.29, 1.82) is 5.26 Å². The van der Waals surface area contributed by atoms with Crippen LogP contribution in [0.4, 0.5) is 0 Å². The average molecular weight is 418 g/mol. The van der Waals surface area contributed by atoms with E-state index in [0.29, 0.717) is 29.3 Å². The SMILES string of the molecule is CCCCn1c(=O)c2ccccc2n2c(SC(C#N)Cc3ccc(C)cc3)nnc12. The monoisotopic (exact) mass is 417 g/mol. The van der Waals surface area contributed by atoms with Gasteiger partial charge in [0.15, 0.2) is 5.16 Å². The van der Waals surface area contributed by atoms with Crippen molar-refractivity contribution in [2.45, 2.75) is 50.1 Å². The Morgan fingerprint density at radius 1 is 1.13 bits per heavy atom. The van der Waals surface area contributed by atoms with E-state index >= 15 is 0 Å². The van der Waals surface area contributed by atoms with Crippen molar-refractivity contribution >= 4 is 28.4 Å². The van der Waals surface area contributed by atoms with E-state index in [2.05, 4.69) is 47.5 Å². The zero-order valence-corrected chi connectivity index (χ0v) is 17.9. The molecule has 152 valence electrons. The summed E-state index contributed by atoms with van der Waals surface area (Å²) in [7, 11) is 0. The fraction of sp³-hybridized carbons (Fsp3) is 0.304. The van der Waals surface area contributed by atoms with Gasteiger partial charge in [0, 0.05) is 6.54 Å². The van der Waals surface area contributed by atoms with E-state index in [0.717, 1.165) is 23.9 Å². The first-order chi connectivity index (χ1) is 14.6. The number of para-hydroxylation sites is 1. The zero-order valence-electron chi connectivity index (χ0n) is 17.1. The summed E-state index contributed by atoms with van der Waals surface area (Å²) < 4.78 is 3.61. The summed E-state index contributed by atoms with van der Waals surface area (Å²) >= 11 is 1.39. The fourth-order valence-electron chi connectivity index (χ4n) is 3.51. The van der Waals surface area contributed by atoms with E-state index in [4.69, 9.17) is 0 Å². The summed E-state index contributed by atoms with van der Waals surface area (Å²) in [6.07, 6.45) is 2.48. The van der Waals surface area contributed by atoms with E-state index in [1.807, 2.05) is 35.6 Å². The molecule has 0 aliphatic heterocycles. The van der Waals surface area contributed by atoms with Crippen molar-refractivity contribution in [2.24, 2.45) is 0 Å². The van der Waals surface area contributed by atoms with Crippen molar-refractivity contribution in [3.8, 4) is 6.07 Å². The number of thioether (sulfide) groups is 1. The maximum absolute atomic E-state index is 13.0. The van der Waals surface area contributed by atoms with Gasteiger partial charge in [-0.3, -0.25) is 13.8 Å². The van der Waals surface area contributed by atoms with Gasteiger partial charge in [-0.1, -0.05) is 67.1 Å². The number of hydrogen-bond acceptors (Lipinski definition) is 5. The first kappa shape index (κ1) is 20.2. The van der Waals surface area contributed by atoms with Gasteiger partial charge in [-0.2, -0.15) is 5.26 Å². The second kappa shape index (κ2) is 8.72. The number of rotatable bonds is 7. The van der Waals surface area contributed by atoms with Gasteiger partial charge in [0.25, 0.3) is 5.56 Å². The Balaban J connectivity index is 1.77. The number of fused-ring (bicyclic) bond motifs is 3. The molecule has 6 nitrogen and oxygen atoms in total. The molecule has 2 aromatic carbocycles. The molecule has 0 amide bonds. The van der Waals surface area contributed by atoms with Crippen LogP contribution in [0.1, 0.15) is 30.9 Å². The smallest absolute Gasteiger partial charge is 0.262 e. The lowest BCUT2D eigenvalue weighted by molar-refractivity contribution is 0.620. The summed E-state index contributed by atoms with van der Waals surface area (Å²) in [4.78, 5) is 13.0. The predicted octanol–water partition coefficient (Wildman–Crippen LogP) is 4.38. The largest absolute Gasteiger partial charge is 0.276 e. The van der Waals surface area contributed by atoms with Gasteiger partial charge in [0.2, 0.25) is 5.78 Å². The molecule has 0 saturated carbocycles. The fourth-order valence-corrected chi connectivity index (χ4v) is 4.46. The number of unbranched alkanes of at least 4 members (excludes halogenated alkanes) is 1. The Morgan fingerprint density at radius 2 is 1.90 bits per heavy atom. The van der Waals surface area contributed by atoms with E-state index in [1.165, 1.54) is 17.3 Å². The van der Waals surface area contributed by atoms with Gasteiger partial charge in [-0.25, -0.2) is 0 Å². The van der Waals surface area contributed by atoms with Gasteiger partial charge in [-0.05, 0) is 37.5 Å². The molecule has 30 heavy (non-hydrogen) atoms. The standard InChI is InChI=1S/C23H23N5OS/c1-3-4-13-27-21(29)19-7-5-6-8-20(19)28-22(27)25-26-23(28)30-18(15-24)14-17-11-9-16(2)10-12-17/h5-12,18H,3-4,13-14H2,1-2H3. The van der Waals surface area contributed by atoms with Crippen LogP contribution in [0.2, 0.25) is 0 Å². The van der Waals surface area contributed by atoms with Crippen LogP contribution in [0.5, 0.6) is 0 Å². The molecule has 0 saturated heterocycles. The van der Waals surface area contributed by atoms with E-state index in [9.17, 15) is 10.1 Å². The maximum Gasteiger partial charge on any atom is 0.262 e. The predicted molar refractivity (Wildman–Crippen MR) is 120 cm³/mol. The van der Waals surface area contributed by atoms with Crippen molar-refractivity contribution < 1.29 is 0 Å². The summed E-state index contributed by atoms with van der Waals surface area (Å²) in [6, 6.07) is 18.1. The van der Waals surface area contributed by atoms with E-state index in [1.54, 1.807) is 4.57 Å². The molecule has 0 aliphatic rings. The summed E-state index contributed by atoms with van der Waals surface area (Å²) in [6.45, 7) is 4.74. The Hall–Kier alpha value is -3.11. The highest BCUT2D eigenvalue weighted by atomic mass is 32.2. The number of nitriles is 1. The molecular weight excluding hydrogens is 394 g/mol. The minimum Gasteiger partial charge on any atom is -0.276 e. The van der Waals surface area contributed by atoms with Gasteiger partial charge >= 0.3 is 0 Å². The normalized spacial score (nSPS) is 12.3. The molecule has 1 unspecified atom stereocenters. The summed E-state index contributed by atoms with van der Waals surface area (Å²) in [5.74, 6) is 0.529. The van der Waals surface area contributed by atoms with Crippen LogP contribution in [-0.4, -0.2) is 24.4 Å². The van der Waals surface area contributed by atoms with Gasteiger partial charge in [-0.15, -0.1) is 10.2 Å². The lowest BCUT2D eigenvalue weighted by atomic mass is 10.1. The molecule has 4 rings (SSSR count). The topological polar surface area (TPSA) is 76.0 Å². The molecular formula is C23H23N5OS. The lowest BCUT2D eigenvalue weighted by Gasteiger charge is -2.12.